The van der Waals surface area contributed by atoms with Crippen LogP contribution in [0, 0.1) is 6.92 Å². The van der Waals surface area contributed by atoms with E-state index >= 15 is 0 Å². The van der Waals surface area contributed by atoms with Crippen LogP contribution in [0.3, 0.4) is 0 Å². The van der Waals surface area contributed by atoms with Crippen molar-refractivity contribution in [1.29, 1.82) is 0 Å². The summed E-state index contributed by atoms with van der Waals surface area (Å²) in [6.45, 7) is 4.95. The van der Waals surface area contributed by atoms with Gasteiger partial charge in [-0.15, -0.1) is 16.7 Å². The summed E-state index contributed by atoms with van der Waals surface area (Å²) in [4.78, 5) is 0. The minimum Gasteiger partial charge on any atom is -0.245 e. The Morgan fingerprint density at radius 2 is 2.18 bits per heavy atom. The highest BCUT2D eigenvalue weighted by molar-refractivity contribution is 6.16. The van der Waals surface area contributed by atoms with E-state index in [4.69, 9.17) is 11.6 Å². The topological polar surface area (TPSA) is 30.7 Å². The zero-order chi connectivity index (χ0) is 12.3. The van der Waals surface area contributed by atoms with Crippen molar-refractivity contribution in [3.63, 3.8) is 0 Å². The second kappa shape index (κ2) is 5.32. The van der Waals surface area contributed by atoms with E-state index in [1.54, 1.807) is 0 Å². The van der Waals surface area contributed by atoms with Crippen LogP contribution in [-0.4, -0.2) is 15.0 Å². The van der Waals surface area contributed by atoms with Crippen LogP contribution in [0.1, 0.15) is 29.4 Å². The predicted octanol–water partition coefficient (Wildman–Crippen LogP) is 2.94. The van der Waals surface area contributed by atoms with Gasteiger partial charge in [-0.05, 0) is 18.9 Å². The summed E-state index contributed by atoms with van der Waals surface area (Å²) in [5.41, 5.74) is 4.52. The monoisotopic (exact) mass is 249 g/mol. The van der Waals surface area contributed by atoms with Crippen molar-refractivity contribution >= 4 is 11.6 Å². The predicted molar refractivity (Wildman–Crippen MR) is 69.2 cm³/mol. The molecular formula is C13H16ClN3. The summed E-state index contributed by atoms with van der Waals surface area (Å²) in [6, 6.07) is 8.43. The first-order valence-electron chi connectivity index (χ1n) is 5.77. The fourth-order valence-corrected chi connectivity index (χ4v) is 2.18. The molecule has 0 amide bonds. The maximum absolute atomic E-state index is 5.84. The minimum absolute atomic E-state index is 0.428. The van der Waals surface area contributed by atoms with Gasteiger partial charge in [-0.3, -0.25) is 0 Å². The number of halogens is 1. The molecule has 0 unspecified atom stereocenters. The largest absolute Gasteiger partial charge is 0.245 e. The van der Waals surface area contributed by atoms with Gasteiger partial charge in [-0.1, -0.05) is 42.0 Å². The summed E-state index contributed by atoms with van der Waals surface area (Å²) < 4.78 is 1.94. The van der Waals surface area contributed by atoms with Gasteiger partial charge in [0.25, 0.3) is 0 Å². The van der Waals surface area contributed by atoms with E-state index in [9.17, 15) is 0 Å². The quantitative estimate of drug-likeness (QED) is 0.780. The Morgan fingerprint density at radius 1 is 1.35 bits per heavy atom. The smallest absolute Gasteiger partial charge is 0.101 e. The summed E-state index contributed by atoms with van der Waals surface area (Å²) in [5, 5.41) is 8.27. The zero-order valence-corrected chi connectivity index (χ0v) is 10.9. The van der Waals surface area contributed by atoms with Gasteiger partial charge in [-0.25, -0.2) is 4.68 Å². The van der Waals surface area contributed by atoms with Gasteiger partial charge in [0, 0.05) is 0 Å². The molecule has 0 aliphatic rings. The molecule has 0 N–H and O–H groups in total. The van der Waals surface area contributed by atoms with Crippen LogP contribution in [-0.2, 0) is 18.8 Å². The number of nitrogens with zero attached hydrogens (tertiary/aromatic N) is 3. The fourth-order valence-electron chi connectivity index (χ4n) is 1.97. The van der Waals surface area contributed by atoms with Crippen molar-refractivity contribution < 1.29 is 0 Å². The molecule has 90 valence electrons. The molecule has 0 atom stereocenters. The Bertz CT molecular complexity index is 505. The minimum atomic E-state index is 0.428. The van der Waals surface area contributed by atoms with Crippen molar-refractivity contribution in [2.45, 2.75) is 32.7 Å². The summed E-state index contributed by atoms with van der Waals surface area (Å²) in [6.07, 6.45) is 0.904. The second-order valence-electron chi connectivity index (χ2n) is 4.12. The fraction of sp³-hybridized carbons (Fsp3) is 0.385. The van der Waals surface area contributed by atoms with E-state index in [2.05, 4.69) is 48.4 Å². The standard InChI is InChI=1S/C13H16ClN3/c1-3-13-12(8-14)15-16-17(13)9-11-6-4-5-10(2)7-11/h4-7H,3,8-9H2,1-2H3. The molecule has 4 heteroatoms. The molecule has 2 rings (SSSR count). The van der Waals surface area contributed by atoms with E-state index in [-0.39, 0.29) is 0 Å². The molecule has 0 radical (unpaired) electrons. The molecule has 3 nitrogen and oxygen atoms in total. The molecule has 0 saturated heterocycles. The first-order valence-corrected chi connectivity index (χ1v) is 6.30. The van der Waals surface area contributed by atoms with E-state index in [1.807, 2.05) is 4.68 Å². The van der Waals surface area contributed by atoms with E-state index in [1.165, 1.54) is 11.1 Å². The maximum atomic E-state index is 5.84. The number of aryl methyl sites for hydroxylation is 1. The van der Waals surface area contributed by atoms with E-state index in [0.29, 0.717) is 5.88 Å². The number of benzene rings is 1. The van der Waals surface area contributed by atoms with Gasteiger partial charge in [0.2, 0.25) is 0 Å². The molecule has 0 aliphatic carbocycles. The lowest BCUT2D eigenvalue weighted by Crippen LogP contribution is -2.06. The molecular weight excluding hydrogens is 234 g/mol. The first-order chi connectivity index (χ1) is 8.24. The summed E-state index contributed by atoms with van der Waals surface area (Å²) >= 11 is 5.84. The molecule has 2 aromatic rings. The van der Waals surface area contributed by atoms with Crippen LogP contribution in [0.4, 0.5) is 0 Å². The second-order valence-corrected chi connectivity index (χ2v) is 4.38. The Kier molecular flexibility index (Phi) is 3.79. The van der Waals surface area contributed by atoms with Crippen molar-refractivity contribution in [2.75, 3.05) is 0 Å². The van der Waals surface area contributed by atoms with Crippen LogP contribution in [0.2, 0.25) is 0 Å². The Balaban J connectivity index is 2.27. The van der Waals surface area contributed by atoms with E-state index in [0.717, 1.165) is 24.4 Å². The number of aromatic nitrogens is 3. The highest BCUT2D eigenvalue weighted by Crippen LogP contribution is 2.12. The van der Waals surface area contributed by atoms with Gasteiger partial charge in [0.1, 0.15) is 5.69 Å². The summed E-state index contributed by atoms with van der Waals surface area (Å²) in [7, 11) is 0. The van der Waals surface area contributed by atoms with Crippen molar-refractivity contribution in [3.05, 3.63) is 46.8 Å². The molecule has 1 heterocycles. The number of hydrogen-bond donors (Lipinski definition) is 0. The molecule has 0 fully saturated rings. The van der Waals surface area contributed by atoms with Gasteiger partial charge in [0.15, 0.2) is 0 Å². The number of alkyl halides is 1. The lowest BCUT2D eigenvalue weighted by Gasteiger charge is -2.06. The molecule has 1 aromatic heterocycles. The molecule has 17 heavy (non-hydrogen) atoms. The van der Waals surface area contributed by atoms with Crippen LogP contribution >= 0.6 is 11.6 Å². The van der Waals surface area contributed by atoms with Crippen LogP contribution in [0.25, 0.3) is 0 Å². The van der Waals surface area contributed by atoms with E-state index < -0.39 is 0 Å². The third kappa shape index (κ3) is 2.67. The molecule has 0 bridgehead atoms. The lowest BCUT2D eigenvalue weighted by atomic mass is 10.1. The number of rotatable bonds is 4. The third-order valence-corrected chi connectivity index (χ3v) is 3.05. The lowest BCUT2D eigenvalue weighted by molar-refractivity contribution is 0.622. The van der Waals surface area contributed by atoms with Crippen LogP contribution in [0.5, 0.6) is 0 Å². The van der Waals surface area contributed by atoms with Gasteiger partial charge >= 0.3 is 0 Å². The highest BCUT2D eigenvalue weighted by Gasteiger charge is 2.10. The third-order valence-electron chi connectivity index (χ3n) is 2.79. The molecule has 0 aliphatic heterocycles. The average Bonchev–Trinajstić information content (AvgIpc) is 2.71. The normalized spacial score (nSPS) is 10.8. The summed E-state index contributed by atoms with van der Waals surface area (Å²) in [5.74, 6) is 0.428. The van der Waals surface area contributed by atoms with Gasteiger partial charge < -0.3 is 0 Å². The van der Waals surface area contributed by atoms with Crippen molar-refractivity contribution in [2.24, 2.45) is 0 Å². The SMILES string of the molecule is CCc1c(CCl)nnn1Cc1cccc(C)c1. The molecule has 0 spiro atoms. The Morgan fingerprint density at radius 3 is 2.82 bits per heavy atom. The first kappa shape index (κ1) is 12.1. The molecule has 0 saturated carbocycles. The highest BCUT2D eigenvalue weighted by atomic mass is 35.5. The average molecular weight is 250 g/mol. The van der Waals surface area contributed by atoms with Gasteiger partial charge in [-0.2, -0.15) is 0 Å². The van der Waals surface area contributed by atoms with Crippen LogP contribution < -0.4 is 0 Å². The van der Waals surface area contributed by atoms with Gasteiger partial charge in [0.05, 0.1) is 18.1 Å². The van der Waals surface area contributed by atoms with Crippen molar-refractivity contribution in [1.82, 2.24) is 15.0 Å². The molecule has 1 aromatic carbocycles. The zero-order valence-electron chi connectivity index (χ0n) is 10.2. The maximum Gasteiger partial charge on any atom is 0.101 e. The Hall–Kier alpha value is -1.35. The van der Waals surface area contributed by atoms with Crippen molar-refractivity contribution in [3.8, 4) is 0 Å². The number of hydrogen-bond acceptors (Lipinski definition) is 2. The Labute approximate surface area is 106 Å². The van der Waals surface area contributed by atoms with Crippen LogP contribution in [0.15, 0.2) is 24.3 Å².